The Balaban J connectivity index is 1.47. The molecule has 0 bridgehead atoms. The number of rotatable bonds is 6. The fourth-order valence-electron chi connectivity index (χ4n) is 3.18. The Kier molecular flexibility index (Phi) is 6.28. The van der Waals surface area contributed by atoms with E-state index in [1.54, 1.807) is 12.4 Å². The van der Waals surface area contributed by atoms with Crippen LogP contribution in [0.5, 0.6) is 0 Å². The molecule has 0 unspecified atom stereocenters. The number of aromatic nitrogens is 2. The highest BCUT2D eigenvalue weighted by Crippen LogP contribution is 2.14. The van der Waals surface area contributed by atoms with Gasteiger partial charge in [0.15, 0.2) is 0 Å². The summed E-state index contributed by atoms with van der Waals surface area (Å²) in [5, 5.41) is 0. The molecule has 0 N–H and O–H groups in total. The molecule has 0 radical (unpaired) electrons. The zero-order valence-corrected chi connectivity index (χ0v) is 15.0. The number of nitrogens with zero attached hydrogens (tertiary/aromatic N) is 3. The van der Waals surface area contributed by atoms with Crippen LogP contribution in [0.2, 0.25) is 0 Å². The van der Waals surface area contributed by atoms with Crippen LogP contribution in [0.4, 0.5) is 4.39 Å². The second kappa shape index (κ2) is 8.85. The first-order valence-electron chi connectivity index (χ1n) is 9.01. The molecule has 2 aromatic rings. The monoisotopic (exact) mass is 357 g/mol. The van der Waals surface area contributed by atoms with Crippen LogP contribution < -0.4 is 0 Å². The molecular weight excluding hydrogens is 333 g/mol. The van der Waals surface area contributed by atoms with E-state index in [1.807, 2.05) is 24.0 Å². The molecular formula is C20H24FN3O2. The Morgan fingerprint density at radius 1 is 1.31 bits per heavy atom. The van der Waals surface area contributed by atoms with Crippen LogP contribution >= 0.6 is 0 Å². The highest BCUT2D eigenvalue weighted by molar-refractivity contribution is 5.76. The fraction of sp³-hybridized carbons (Fsp3) is 0.450. The first-order valence-corrected chi connectivity index (χ1v) is 9.01. The first kappa shape index (κ1) is 18.5. The van der Waals surface area contributed by atoms with Crippen molar-refractivity contribution < 1.29 is 13.9 Å². The molecule has 0 saturated carbocycles. The van der Waals surface area contributed by atoms with Gasteiger partial charge in [0.1, 0.15) is 12.1 Å². The molecule has 1 amide bonds. The Bertz CT molecular complexity index is 753. The van der Waals surface area contributed by atoms with Gasteiger partial charge >= 0.3 is 0 Å². The second-order valence-electron chi connectivity index (χ2n) is 6.65. The van der Waals surface area contributed by atoms with Crippen LogP contribution in [-0.2, 0) is 22.4 Å². The van der Waals surface area contributed by atoms with Gasteiger partial charge in [-0.3, -0.25) is 4.79 Å². The van der Waals surface area contributed by atoms with Gasteiger partial charge in [-0.25, -0.2) is 14.4 Å². The fourth-order valence-corrected chi connectivity index (χ4v) is 3.18. The topological polar surface area (TPSA) is 55.3 Å². The van der Waals surface area contributed by atoms with Gasteiger partial charge in [-0.15, -0.1) is 0 Å². The average Bonchev–Trinajstić information content (AvgIpc) is 2.65. The number of morpholine rings is 1. The zero-order valence-electron chi connectivity index (χ0n) is 15.0. The van der Waals surface area contributed by atoms with Crippen molar-refractivity contribution in [3.63, 3.8) is 0 Å². The van der Waals surface area contributed by atoms with E-state index in [-0.39, 0.29) is 17.8 Å². The SMILES string of the molecule is Cc1cc(CC[C@@H]2CN(C(=O)CCc3cccc(F)c3)CCO2)ncn1. The summed E-state index contributed by atoms with van der Waals surface area (Å²) in [7, 11) is 0. The molecule has 5 nitrogen and oxygen atoms in total. The molecule has 1 aromatic carbocycles. The summed E-state index contributed by atoms with van der Waals surface area (Å²) >= 11 is 0. The summed E-state index contributed by atoms with van der Waals surface area (Å²) in [4.78, 5) is 22.7. The summed E-state index contributed by atoms with van der Waals surface area (Å²) < 4.78 is 19.0. The Morgan fingerprint density at radius 3 is 3.00 bits per heavy atom. The molecule has 1 aliphatic heterocycles. The lowest BCUT2D eigenvalue weighted by molar-refractivity contribution is -0.138. The summed E-state index contributed by atoms with van der Waals surface area (Å²) in [5.74, 6) is -0.165. The molecule has 2 heterocycles. The van der Waals surface area contributed by atoms with Crippen molar-refractivity contribution in [2.75, 3.05) is 19.7 Å². The average molecular weight is 357 g/mol. The summed E-state index contributed by atoms with van der Waals surface area (Å²) in [6.07, 6.45) is 4.18. The lowest BCUT2D eigenvalue weighted by Crippen LogP contribution is -2.45. The van der Waals surface area contributed by atoms with Crippen LogP contribution in [0.1, 0.15) is 29.8 Å². The van der Waals surface area contributed by atoms with Crippen LogP contribution in [-0.4, -0.2) is 46.6 Å². The lowest BCUT2D eigenvalue weighted by atomic mass is 10.1. The third-order valence-electron chi connectivity index (χ3n) is 4.59. The molecule has 138 valence electrons. The van der Waals surface area contributed by atoms with Crippen LogP contribution in [0.25, 0.3) is 0 Å². The summed E-state index contributed by atoms with van der Waals surface area (Å²) in [6.45, 7) is 3.72. The molecule has 1 saturated heterocycles. The van der Waals surface area contributed by atoms with Gasteiger partial charge in [0, 0.05) is 30.9 Å². The third-order valence-corrected chi connectivity index (χ3v) is 4.59. The van der Waals surface area contributed by atoms with Crippen molar-refractivity contribution in [1.82, 2.24) is 14.9 Å². The molecule has 6 heteroatoms. The highest BCUT2D eigenvalue weighted by Gasteiger charge is 2.24. The van der Waals surface area contributed by atoms with Gasteiger partial charge in [0.25, 0.3) is 0 Å². The van der Waals surface area contributed by atoms with Crippen molar-refractivity contribution in [3.8, 4) is 0 Å². The molecule has 0 aliphatic carbocycles. The van der Waals surface area contributed by atoms with E-state index in [9.17, 15) is 9.18 Å². The summed E-state index contributed by atoms with van der Waals surface area (Å²) in [5.41, 5.74) is 2.80. The minimum Gasteiger partial charge on any atom is -0.375 e. The van der Waals surface area contributed by atoms with Crippen LogP contribution in [0.15, 0.2) is 36.7 Å². The quantitative estimate of drug-likeness (QED) is 0.798. The third kappa shape index (κ3) is 5.33. The number of aryl methyl sites for hydroxylation is 3. The second-order valence-corrected chi connectivity index (χ2v) is 6.65. The first-order chi connectivity index (χ1) is 12.6. The lowest BCUT2D eigenvalue weighted by Gasteiger charge is -2.33. The smallest absolute Gasteiger partial charge is 0.223 e. The molecule has 0 spiro atoms. The largest absolute Gasteiger partial charge is 0.375 e. The number of hydrogen-bond acceptors (Lipinski definition) is 4. The molecule has 26 heavy (non-hydrogen) atoms. The van der Waals surface area contributed by atoms with Gasteiger partial charge in [-0.1, -0.05) is 12.1 Å². The van der Waals surface area contributed by atoms with E-state index in [0.29, 0.717) is 32.5 Å². The highest BCUT2D eigenvalue weighted by atomic mass is 19.1. The maximum atomic E-state index is 13.2. The van der Waals surface area contributed by atoms with Crippen molar-refractivity contribution >= 4 is 5.91 Å². The van der Waals surface area contributed by atoms with Crippen LogP contribution in [0, 0.1) is 12.7 Å². The molecule has 1 atom stereocenters. The van der Waals surface area contributed by atoms with Gasteiger partial charge in [0.2, 0.25) is 5.91 Å². The van der Waals surface area contributed by atoms with Crippen molar-refractivity contribution in [1.29, 1.82) is 0 Å². The van der Waals surface area contributed by atoms with Crippen LogP contribution in [0.3, 0.4) is 0 Å². The predicted octanol–water partition coefficient (Wildman–Crippen LogP) is 2.72. The maximum Gasteiger partial charge on any atom is 0.223 e. The Hall–Kier alpha value is -2.34. The molecule has 1 fully saturated rings. The van der Waals surface area contributed by atoms with Gasteiger partial charge in [-0.05, 0) is 49.9 Å². The molecule has 1 aromatic heterocycles. The number of carbonyl (C=O) groups is 1. The normalized spacial score (nSPS) is 17.3. The standard InChI is InChI=1S/C20H24FN3O2/c1-15-11-18(23-14-22-15)6-7-19-13-24(9-10-26-19)20(25)8-5-16-3-2-4-17(21)12-16/h2-4,11-12,14,19H,5-10,13H2,1H3/t19-/m1/s1. The van der Waals surface area contributed by atoms with E-state index >= 15 is 0 Å². The van der Waals surface area contributed by atoms with E-state index in [1.165, 1.54) is 12.1 Å². The number of halogens is 1. The van der Waals surface area contributed by atoms with E-state index < -0.39 is 0 Å². The van der Waals surface area contributed by atoms with Gasteiger partial charge < -0.3 is 9.64 Å². The van der Waals surface area contributed by atoms with Crippen molar-refractivity contribution in [2.24, 2.45) is 0 Å². The molecule has 1 aliphatic rings. The number of carbonyl (C=O) groups excluding carboxylic acids is 1. The van der Waals surface area contributed by atoms with E-state index in [4.69, 9.17) is 4.74 Å². The van der Waals surface area contributed by atoms with Gasteiger partial charge in [-0.2, -0.15) is 0 Å². The molecule has 3 rings (SSSR count). The van der Waals surface area contributed by atoms with Crippen molar-refractivity contribution in [2.45, 2.75) is 38.7 Å². The minimum atomic E-state index is -0.263. The number of ether oxygens (including phenoxy) is 1. The number of hydrogen-bond donors (Lipinski definition) is 0. The maximum absolute atomic E-state index is 13.2. The Labute approximate surface area is 153 Å². The van der Waals surface area contributed by atoms with Gasteiger partial charge in [0.05, 0.1) is 12.7 Å². The zero-order chi connectivity index (χ0) is 18.4. The Morgan fingerprint density at radius 2 is 2.19 bits per heavy atom. The summed E-state index contributed by atoms with van der Waals surface area (Å²) in [6, 6.07) is 8.40. The number of amides is 1. The van der Waals surface area contributed by atoms with E-state index in [2.05, 4.69) is 9.97 Å². The predicted molar refractivity (Wildman–Crippen MR) is 96.1 cm³/mol. The number of benzene rings is 1. The van der Waals surface area contributed by atoms with E-state index in [0.717, 1.165) is 29.8 Å². The minimum absolute atomic E-state index is 0.0251. The van der Waals surface area contributed by atoms with Crippen molar-refractivity contribution in [3.05, 3.63) is 59.4 Å².